The van der Waals surface area contributed by atoms with Gasteiger partial charge in [0, 0.05) is 12.3 Å². The zero-order chi connectivity index (χ0) is 16.5. The van der Waals surface area contributed by atoms with Crippen molar-refractivity contribution in [3.05, 3.63) is 53.4 Å². The summed E-state index contributed by atoms with van der Waals surface area (Å²) in [4.78, 5) is 3.45. The molecule has 0 unspecified atom stereocenters. The summed E-state index contributed by atoms with van der Waals surface area (Å²) in [7, 11) is 0. The molecule has 0 aliphatic carbocycles. The number of benzene rings is 1. The first-order valence-electron chi connectivity index (χ1n) is 6.60. The summed E-state index contributed by atoms with van der Waals surface area (Å²) in [6.07, 6.45) is -1.70. The summed E-state index contributed by atoms with van der Waals surface area (Å²) in [5, 5.41) is 0. The van der Waals surface area contributed by atoms with Crippen molar-refractivity contribution in [3.63, 3.8) is 0 Å². The van der Waals surface area contributed by atoms with Crippen LogP contribution in [0.25, 0.3) is 0 Å². The lowest BCUT2D eigenvalue weighted by molar-refractivity contribution is 0.145. The lowest BCUT2D eigenvalue weighted by Crippen LogP contribution is -2.12. The summed E-state index contributed by atoms with van der Waals surface area (Å²) < 4.78 is 58.3. The zero-order valence-corrected chi connectivity index (χ0v) is 12.3. The van der Waals surface area contributed by atoms with Crippen LogP contribution < -0.4 is 4.74 Å². The Bertz CT molecular complexity index is 657. The minimum atomic E-state index is -2.79. The van der Waals surface area contributed by atoms with Crippen LogP contribution in [0.1, 0.15) is 38.5 Å². The van der Waals surface area contributed by atoms with Crippen molar-refractivity contribution in [3.8, 4) is 11.5 Å². The predicted molar refractivity (Wildman–Crippen MR) is 74.3 cm³/mol. The van der Waals surface area contributed by atoms with E-state index in [0.717, 1.165) is 12.3 Å². The Morgan fingerprint density at radius 1 is 1.05 bits per heavy atom. The van der Waals surface area contributed by atoms with Crippen molar-refractivity contribution < 1.29 is 22.3 Å². The number of rotatable bonds is 3. The van der Waals surface area contributed by atoms with Crippen molar-refractivity contribution in [2.45, 2.75) is 32.6 Å². The Morgan fingerprint density at radius 3 is 2.14 bits per heavy atom. The first-order chi connectivity index (χ1) is 10.2. The third-order valence-corrected chi connectivity index (χ3v) is 3.06. The van der Waals surface area contributed by atoms with Gasteiger partial charge < -0.3 is 4.74 Å². The van der Waals surface area contributed by atoms with Gasteiger partial charge in [0.25, 0.3) is 6.43 Å². The van der Waals surface area contributed by atoms with Gasteiger partial charge in [-0.05, 0) is 29.2 Å². The molecule has 0 spiro atoms. The largest absolute Gasteiger partial charge is 0.451 e. The molecule has 0 radical (unpaired) electrons. The van der Waals surface area contributed by atoms with E-state index in [1.807, 2.05) is 20.8 Å². The lowest BCUT2D eigenvalue weighted by atomic mass is 9.87. The van der Waals surface area contributed by atoms with Crippen molar-refractivity contribution >= 4 is 0 Å². The SMILES string of the molecule is CC(C)(C)c1cc(F)c(Oc2ccnc(C(F)F)c2)c(F)c1. The molecular weight excluding hydrogens is 298 g/mol. The van der Waals surface area contributed by atoms with E-state index in [1.54, 1.807) is 0 Å². The van der Waals surface area contributed by atoms with Crippen LogP contribution in [-0.4, -0.2) is 4.98 Å². The van der Waals surface area contributed by atoms with Crippen molar-refractivity contribution in [2.75, 3.05) is 0 Å². The van der Waals surface area contributed by atoms with Gasteiger partial charge in [-0.1, -0.05) is 20.8 Å². The smallest absolute Gasteiger partial charge is 0.280 e. The maximum absolute atomic E-state index is 14.1. The molecule has 0 bridgehead atoms. The highest BCUT2D eigenvalue weighted by molar-refractivity contribution is 5.38. The van der Waals surface area contributed by atoms with Gasteiger partial charge in [0.2, 0.25) is 0 Å². The van der Waals surface area contributed by atoms with E-state index >= 15 is 0 Å². The summed E-state index contributed by atoms with van der Waals surface area (Å²) in [5.41, 5.74) is -0.484. The molecule has 6 heteroatoms. The second-order valence-electron chi connectivity index (χ2n) is 5.84. The van der Waals surface area contributed by atoms with Gasteiger partial charge in [0.15, 0.2) is 17.4 Å². The van der Waals surface area contributed by atoms with E-state index in [0.29, 0.717) is 5.56 Å². The van der Waals surface area contributed by atoms with Crippen LogP contribution in [-0.2, 0) is 5.41 Å². The Balaban J connectivity index is 2.36. The summed E-state index contributed by atoms with van der Waals surface area (Å²) in [6, 6.07) is 4.55. The molecule has 2 nitrogen and oxygen atoms in total. The average molecular weight is 313 g/mol. The van der Waals surface area contributed by atoms with Crippen molar-refractivity contribution in [2.24, 2.45) is 0 Å². The van der Waals surface area contributed by atoms with E-state index < -0.39 is 34.9 Å². The van der Waals surface area contributed by atoms with Gasteiger partial charge in [0.1, 0.15) is 11.4 Å². The Hall–Kier alpha value is -2.11. The zero-order valence-electron chi connectivity index (χ0n) is 12.3. The highest BCUT2D eigenvalue weighted by Crippen LogP contribution is 2.33. The molecule has 1 heterocycles. The van der Waals surface area contributed by atoms with E-state index in [1.165, 1.54) is 18.2 Å². The van der Waals surface area contributed by atoms with E-state index in [4.69, 9.17) is 4.74 Å². The second kappa shape index (κ2) is 5.94. The molecule has 0 saturated heterocycles. The summed E-state index contributed by atoms with van der Waals surface area (Å²) in [6.45, 7) is 5.46. The number of hydrogen-bond donors (Lipinski definition) is 0. The van der Waals surface area contributed by atoms with Gasteiger partial charge in [-0.3, -0.25) is 4.98 Å². The fourth-order valence-corrected chi connectivity index (χ4v) is 1.82. The van der Waals surface area contributed by atoms with Gasteiger partial charge in [-0.25, -0.2) is 17.6 Å². The van der Waals surface area contributed by atoms with Gasteiger partial charge >= 0.3 is 0 Å². The van der Waals surface area contributed by atoms with Crippen LogP contribution in [0.2, 0.25) is 0 Å². The predicted octanol–water partition coefficient (Wildman–Crippen LogP) is 5.39. The molecule has 0 fully saturated rings. The van der Waals surface area contributed by atoms with E-state index in [2.05, 4.69) is 4.98 Å². The number of alkyl halides is 2. The molecule has 1 aromatic heterocycles. The molecule has 1 aromatic carbocycles. The normalized spacial score (nSPS) is 11.8. The molecule has 0 aliphatic heterocycles. The number of nitrogens with zero attached hydrogens (tertiary/aromatic N) is 1. The quantitative estimate of drug-likeness (QED) is 0.709. The standard InChI is InChI=1S/C16H15F4NO/c1-16(2,3)9-6-11(17)14(12(18)7-9)22-10-4-5-21-13(8-10)15(19)20/h4-8,15H,1-3H3. The van der Waals surface area contributed by atoms with Crippen LogP contribution in [0.5, 0.6) is 11.5 Å². The Labute approximate surface area is 125 Å². The molecule has 118 valence electrons. The molecule has 0 atom stereocenters. The van der Waals surface area contributed by atoms with E-state index in [-0.39, 0.29) is 5.75 Å². The highest BCUT2D eigenvalue weighted by Gasteiger charge is 2.21. The van der Waals surface area contributed by atoms with Crippen molar-refractivity contribution in [1.82, 2.24) is 4.98 Å². The molecular formula is C16H15F4NO. The van der Waals surface area contributed by atoms with Gasteiger partial charge in [-0.15, -0.1) is 0 Å². The first-order valence-corrected chi connectivity index (χ1v) is 6.60. The van der Waals surface area contributed by atoms with E-state index in [9.17, 15) is 17.6 Å². The molecule has 0 N–H and O–H groups in total. The van der Waals surface area contributed by atoms with Crippen LogP contribution in [0.4, 0.5) is 17.6 Å². The maximum Gasteiger partial charge on any atom is 0.280 e. The molecule has 22 heavy (non-hydrogen) atoms. The number of pyridine rings is 1. The summed E-state index contributed by atoms with van der Waals surface area (Å²) >= 11 is 0. The topological polar surface area (TPSA) is 22.1 Å². The number of aromatic nitrogens is 1. The lowest BCUT2D eigenvalue weighted by Gasteiger charge is -2.20. The summed E-state index contributed by atoms with van der Waals surface area (Å²) in [5.74, 6) is -2.51. The fourth-order valence-electron chi connectivity index (χ4n) is 1.82. The monoisotopic (exact) mass is 313 g/mol. The van der Waals surface area contributed by atoms with Crippen LogP contribution in [0.3, 0.4) is 0 Å². The fraction of sp³-hybridized carbons (Fsp3) is 0.312. The highest BCUT2D eigenvalue weighted by atomic mass is 19.3. The second-order valence-corrected chi connectivity index (χ2v) is 5.84. The molecule has 0 aliphatic rings. The molecule has 0 amide bonds. The minimum Gasteiger partial charge on any atom is -0.451 e. The Morgan fingerprint density at radius 2 is 1.64 bits per heavy atom. The molecule has 2 aromatic rings. The van der Waals surface area contributed by atoms with Gasteiger partial charge in [0.05, 0.1) is 0 Å². The molecule has 0 saturated carbocycles. The third-order valence-electron chi connectivity index (χ3n) is 3.06. The van der Waals surface area contributed by atoms with Crippen LogP contribution in [0, 0.1) is 11.6 Å². The minimum absolute atomic E-state index is 0.105. The average Bonchev–Trinajstić information content (AvgIpc) is 2.42. The first kappa shape index (κ1) is 16.3. The van der Waals surface area contributed by atoms with Gasteiger partial charge in [-0.2, -0.15) is 0 Å². The van der Waals surface area contributed by atoms with Crippen LogP contribution in [0.15, 0.2) is 30.5 Å². The van der Waals surface area contributed by atoms with Crippen LogP contribution >= 0.6 is 0 Å². The molecule has 2 rings (SSSR count). The number of hydrogen-bond acceptors (Lipinski definition) is 2. The Kier molecular flexibility index (Phi) is 4.39. The number of ether oxygens (including phenoxy) is 1. The maximum atomic E-state index is 14.1. The third kappa shape index (κ3) is 3.55. The van der Waals surface area contributed by atoms with Crippen molar-refractivity contribution in [1.29, 1.82) is 0 Å². The number of halogens is 4.